The number of ether oxygens (including phenoxy) is 1. The number of furan rings is 1. The first-order valence-electron chi connectivity index (χ1n) is 11.3. The van der Waals surface area contributed by atoms with E-state index in [9.17, 15) is 13.2 Å². The minimum atomic E-state index is -3.64. The van der Waals surface area contributed by atoms with Crippen molar-refractivity contribution in [3.8, 4) is 5.75 Å². The van der Waals surface area contributed by atoms with Gasteiger partial charge >= 0.3 is 0 Å². The predicted molar refractivity (Wildman–Crippen MR) is 142 cm³/mol. The molecular formula is C25H26ClN3O5S2. The van der Waals surface area contributed by atoms with E-state index in [1.165, 1.54) is 51.1 Å². The first-order chi connectivity index (χ1) is 17.3. The summed E-state index contributed by atoms with van der Waals surface area (Å²) >= 11 is 7.66. The average Bonchev–Trinajstić information content (AvgIpc) is 3.56. The Labute approximate surface area is 219 Å². The molecule has 0 aliphatic rings. The van der Waals surface area contributed by atoms with Crippen molar-refractivity contribution in [2.75, 3.05) is 25.6 Å². The highest BCUT2D eigenvalue weighted by Crippen LogP contribution is 2.39. The molecule has 0 unspecified atom stereocenters. The number of anilines is 1. The van der Waals surface area contributed by atoms with E-state index < -0.39 is 10.0 Å². The van der Waals surface area contributed by atoms with Gasteiger partial charge in [-0.15, -0.1) is 0 Å². The largest absolute Gasteiger partial charge is 0.494 e. The maximum atomic E-state index is 13.7. The molecule has 0 N–H and O–H groups in total. The van der Waals surface area contributed by atoms with E-state index in [0.717, 1.165) is 12.8 Å². The highest BCUT2D eigenvalue weighted by molar-refractivity contribution is 7.89. The summed E-state index contributed by atoms with van der Waals surface area (Å²) in [4.78, 5) is 19.9. The number of carbonyl (C=O) groups is 1. The van der Waals surface area contributed by atoms with Crippen LogP contribution in [0.1, 0.15) is 35.9 Å². The van der Waals surface area contributed by atoms with Gasteiger partial charge in [-0.25, -0.2) is 17.7 Å². The van der Waals surface area contributed by atoms with Crippen LogP contribution in [0.25, 0.3) is 10.2 Å². The second-order valence-corrected chi connectivity index (χ2v) is 11.5. The van der Waals surface area contributed by atoms with Crippen LogP contribution >= 0.6 is 22.9 Å². The molecule has 1 amide bonds. The molecule has 11 heteroatoms. The Balaban J connectivity index is 1.69. The van der Waals surface area contributed by atoms with Gasteiger partial charge in [0.25, 0.3) is 5.91 Å². The van der Waals surface area contributed by atoms with Gasteiger partial charge in [0, 0.05) is 19.2 Å². The van der Waals surface area contributed by atoms with Crippen LogP contribution in [-0.4, -0.2) is 44.3 Å². The van der Waals surface area contributed by atoms with E-state index in [1.54, 1.807) is 38.4 Å². The Kier molecular flexibility index (Phi) is 7.99. The Morgan fingerprint density at radius 2 is 1.92 bits per heavy atom. The molecule has 4 aromatic rings. The lowest BCUT2D eigenvalue weighted by atomic mass is 10.2. The number of rotatable bonds is 10. The Morgan fingerprint density at radius 1 is 1.17 bits per heavy atom. The molecule has 0 spiro atoms. The molecule has 0 fully saturated rings. The standard InChI is InChI=1S/C25H26ClN3O5S2/c1-4-5-14-28(2)36(31,32)19-10-8-17(9-11-19)24(30)29(16-18-7-6-15-34-18)25-27-22-21(33-3)13-12-20(26)23(22)35-25/h6-13,15H,4-5,14,16H2,1-3H3. The number of nitrogens with zero attached hydrogens (tertiary/aromatic N) is 3. The van der Waals surface area contributed by atoms with Gasteiger partial charge in [-0.05, 0) is 55.0 Å². The van der Waals surface area contributed by atoms with Crippen LogP contribution in [0.3, 0.4) is 0 Å². The molecule has 0 saturated carbocycles. The third kappa shape index (κ3) is 5.27. The summed E-state index contributed by atoms with van der Waals surface area (Å²) in [5.41, 5.74) is 0.868. The lowest BCUT2D eigenvalue weighted by molar-refractivity contribution is 0.0983. The van der Waals surface area contributed by atoms with Crippen molar-refractivity contribution in [1.82, 2.24) is 9.29 Å². The highest BCUT2D eigenvalue weighted by atomic mass is 35.5. The van der Waals surface area contributed by atoms with Crippen LogP contribution in [0, 0.1) is 0 Å². The molecule has 0 aliphatic heterocycles. The molecule has 0 saturated heterocycles. The molecule has 2 aromatic carbocycles. The number of halogens is 1. The van der Waals surface area contributed by atoms with Gasteiger partial charge in [-0.1, -0.05) is 36.3 Å². The molecule has 190 valence electrons. The number of methoxy groups -OCH3 is 1. The first kappa shape index (κ1) is 26.2. The number of aromatic nitrogens is 1. The number of carbonyl (C=O) groups excluding carboxylic acids is 1. The van der Waals surface area contributed by atoms with Crippen molar-refractivity contribution in [2.45, 2.75) is 31.2 Å². The first-order valence-corrected chi connectivity index (χ1v) is 13.9. The number of fused-ring (bicyclic) bond motifs is 1. The van der Waals surface area contributed by atoms with Crippen LogP contribution in [-0.2, 0) is 16.6 Å². The van der Waals surface area contributed by atoms with E-state index in [1.807, 2.05) is 6.92 Å². The van der Waals surface area contributed by atoms with Gasteiger partial charge in [0.1, 0.15) is 17.0 Å². The number of benzene rings is 2. The van der Waals surface area contributed by atoms with E-state index in [2.05, 4.69) is 4.98 Å². The maximum Gasteiger partial charge on any atom is 0.260 e. The third-order valence-electron chi connectivity index (χ3n) is 5.67. The number of thiazole rings is 1. The third-order valence-corrected chi connectivity index (χ3v) is 9.08. The Morgan fingerprint density at radius 3 is 2.56 bits per heavy atom. The van der Waals surface area contributed by atoms with E-state index in [-0.39, 0.29) is 17.3 Å². The zero-order valence-electron chi connectivity index (χ0n) is 20.1. The smallest absolute Gasteiger partial charge is 0.260 e. The summed E-state index contributed by atoms with van der Waals surface area (Å²) in [5, 5.41) is 0.912. The lowest BCUT2D eigenvalue weighted by Gasteiger charge is -2.20. The summed E-state index contributed by atoms with van der Waals surface area (Å²) in [6.07, 6.45) is 3.19. The molecular weight excluding hydrogens is 522 g/mol. The van der Waals surface area contributed by atoms with Crippen LogP contribution in [0.4, 0.5) is 5.13 Å². The molecule has 0 atom stereocenters. The van der Waals surface area contributed by atoms with Crippen molar-refractivity contribution in [2.24, 2.45) is 0 Å². The fourth-order valence-corrected chi connectivity index (χ4v) is 6.08. The minimum absolute atomic E-state index is 0.130. The van der Waals surface area contributed by atoms with Crippen LogP contribution in [0.5, 0.6) is 5.75 Å². The van der Waals surface area contributed by atoms with E-state index in [0.29, 0.717) is 44.0 Å². The normalized spacial score (nSPS) is 11.8. The summed E-state index contributed by atoms with van der Waals surface area (Å²) < 4.78 is 38.7. The van der Waals surface area contributed by atoms with E-state index in [4.69, 9.17) is 20.8 Å². The SMILES string of the molecule is CCCCN(C)S(=O)(=O)c1ccc(C(=O)N(Cc2ccco2)c2nc3c(OC)ccc(Cl)c3s2)cc1. The van der Waals surface area contributed by atoms with Gasteiger partial charge in [0.05, 0.1) is 34.5 Å². The van der Waals surface area contributed by atoms with Crippen molar-refractivity contribution in [1.29, 1.82) is 0 Å². The maximum absolute atomic E-state index is 13.7. The number of unbranched alkanes of at least 4 members (excludes halogenated alkanes) is 1. The summed E-state index contributed by atoms with van der Waals surface area (Å²) in [6.45, 7) is 2.57. The van der Waals surface area contributed by atoms with Gasteiger partial charge in [-0.3, -0.25) is 9.69 Å². The second kappa shape index (κ2) is 11.0. The van der Waals surface area contributed by atoms with Gasteiger partial charge < -0.3 is 9.15 Å². The van der Waals surface area contributed by atoms with Gasteiger partial charge in [-0.2, -0.15) is 0 Å². The average molecular weight is 548 g/mol. The quantitative estimate of drug-likeness (QED) is 0.248. The van der Waals surface area contributed by atoms with Crippen molar-refractivity contribution >= 4 is 54.2 Å². The monoisotopic (exact) mass is 547 g/mol. The van der Waals surface area contributed by atoms with Crippen molar-refractivity contribution in [3.05, 3.63) is 71.1 Å². The second-order valence-electron chi connectivity index (χ2n) is 8.10. The summed E-state index contributed by atoms with van der Waals surface area (Å²) in [6, 6.07) is 12.9. The van der Waals surface area contributed by atoms with Crippen LogP contribution in [0.2, 0.25) is 5.02 Å². The molecule has 0 bridgehead atoms. The fraction of sp³-hybridized carbons (Fsp3) is 0.280. The molecule has 4 rings (SSSR count). The molecule has 36 heavy (non-hydrogen) atoms. The molecule has 2 aromatic heterocycles. The van der Waals surface area contributed by atoms with Crippen LogP contribution in [0.15, 0.2) is 64.1 Å². The number of amides is 1. The molecule has 0 aliphatic carbocycles. The zero-order chi connectivity index (χ0) is 25.9. The topological polar surface area (TPSA) is 93.0 Å². The Hall–Kier alpha value is -2.92. The van der Waals surface area contributed by atoms with Crippen molar-refractivity contribution < 1.29 is 22.4 Å². The highest BCUT2D eigenvalue weighted by Gasteiger charge is 2.26. The van der Waals surface area contributed by atoms with Crippen LogP contribution < -0.4 is 9.64 Å². The molecule has 2 heterocycles. The Bertz CT molecular complexity index is 1450. The van der Waals surface area contributed by atoms with E-state index >= 15 is 0 Å². The zero-order valence-corrected chi connectivity index (χ0v) is 22.5. The molecule has 8 nitrogen and oxygen atoms in total. The minimum Gasteiger partial charge on any atom is -0.494 e. The number of sulfonamides is 1. The molecule has 0 radical (unpaired) electrons. The predicted octanol–water partition coefficient (Wildman–Crippen LogP) is 5.82. The number of hydrogen-bond donors (Lipinski definition) is 0. The van der Waals surface area contributed by atoms with Crippen molar-refractivity contribution in [3.63, 3.8) is 0 Å². The van der Waals surface area contributed by atoms with Gasteiger partial charge in [0.2, 0.25) is 10.0 Å². The van der Waals surface area contributed by atoms with Gasteiger partial charge in [0.15, 0.2) is 5.13 Å². The fourth-order valence-electron chi connectivity index (χ4n) is 3.61. The summed E-state index contributed by atoms with van der Waals surface area (Å²) in [7, 11) is -0.541. The summed E-state index contributed by atoms with van der Waals surface area (Å²) in [5.74, 6) is 0.755. The lowest BCUT2D eigenvalue weighted by Crippen LogP contribution is -2.30. The number of hydrogen-bond acceptors (Lipinski definition) is 7.